The van der Waals surface area contributed by atoms with Crippen LogP contribution in [0, 0.1) is 15.9 Å². The highest BCUT2D eigenvalue weighted by Gasteiger charge is 2.18. The number of carbonyl (C=O) groups excluding carboxylic acids is 1. The van der Waals surface area contributed by atoms with Gasteiger partial charge in [0.25, 0.3) is 5.69 Å². The van der Waals surface area contributed by atoms with E-state index in [0.29, 0.717) is 5.56 Å². The summed E-state index contributed by atoms with van der Waals surface area (Å²) in [4.78, 5) is 20.9. The minimum absolute atomic E-state index is 0.152. The maximum absolute atomic E-state index is 14.1. The van der Waals surface area contributed by atoms with E-state index in [0.717, 1.165) is 30.3 Å². The van der Waals surface area contributed by atoms with Crippen LogP contribution in [0.5, 0.6) is 5.75 Å². The molecule has 0 aromatic heterocycles. The molecule has 0 aliphatic carbocycles. The Balaban J connectivity index is 2.02. The normalized spacial score (nSPS) is 12.2. The first kappa shape index (κ1) is 22.6. The molecule has 0 spiro atoms. The molecule has 1 atom stereocenters. The van der Waals surface area contributed by atoms with Gasteiger partial charge in [0, 0.05) is 23.9 Å². The van der Waals surface area contributed by atoms with E-state index in [9.17, 15) is 27.7 Å². The van der Waals surface area contributed by atoms with Crippen LogP contribution in [0.2, 0.25) is 0 Å². The number of halogens is 1. The summed E-state index contributed by atoms with van der Waals surface area (Å²) in [7, 11) is -2.76. The van der Waals surface area contributed by atoms with Gasteiger partial charge in [-0.25, -0.2) is 22.3 Å². The fourth-order valence-electron chi connectivity index (χ4n) is 2.17. The Morgan fingerprint density at radius 3 is 2.48 bits per heavy atom. The molecule has 0 amide bonds. The van der Waals surface area contributed by atoms with Crippen molar-refractivity contribution in [1.29, 1.82) is 0 Å². The molecule has 0 fully saturated rings. The predicted octanol–water partition coefficient (Wildman–Crippen LogP) is 2.24. The van der Waals surface area contributed by atoms with E-state index in [1.807, 2.05) is 0 Å². The minimum atomic E-state index is -3.94. The number of hydrogen-bond donors (Lipinski definition) is 2. The number of nitro benzene ring substituents is 1. The number of carbonyl (C=O) groups is 1. The molecule has 2 aromatic carbocycles. The second-order valence-electron chi connectivity index (χ2n) is 5.67. The van der Waals surface area contributed by atoms with Gasteiger partial charge < -0.3 is 9.47 Å². The number of nitro groups is 1. The predicted molar refractivity (Wildman–Crippen MR) is 104 cm³/mol. The Hall–Kier alpha value is -2.70. The zero-order valence-electron chi connectivity index (χ0n) is 15.1. The number of non-ortho nitro benzene ring substituents is 1. The molecule has 2 aromatic rings. The number of ether oxygens (including phenoxy) is 2. The zero-order valence-corrected chi connectivity index (χ0v) is 16.8. The molecule has 1 unspecified atom stereocenters. The summed E-state index contributed by atoms with van der Waals surface area (Å²) in [5.74, 6) is -1.57. The van der Waals surface area contributed by atoms with E-state index in [1.165, 1.54) is 19.2 Å². The SMILES string of the molecule is COC(=O)COc1ccc(C(S)CNS(=O)(=O)c2ccc([N+](=O)[O-])cc2)cc1F. The van der Waals surface area contributed by atoms with Gasteiger partial charge in [0.05, 0.1) is 16.9 Å². The number of hydrogen-bond acceptors (Lipinski definition) is 8. The molecular weight excluding hydrogens is 427 g/mol. The molecule has 2 rings (SSSR count). The second-order valence-corrected chi connectivity index (χ2v) is 8.06. The minimum Gasteiger partial charge on any atom is -0.479 e. The van der Waals surface area contributed by atoms with Gasteiger partial charge in [-0.1, -0.05) is 6.07 Å². The van der Waals surface area contributed by atoms with Crippen molar-refractivity contribution >= 4 is 34.3 Å². The number of thiol groups is 1. The van der Waals surface area contributed by atoms with Crippen LogP contribution in [0.4, 0.5) is 10.1 Å². The molecule has 0 bridgehead atoms. The van der Waals surface area contributed by atoms with Crippen LogP contribution in [-0.4, -0.2) is 39.6 Å². The molecule has 1 N–H and O–H groups in total. The van der Waals surface area contributed by atoms with Crippen LogP contribution in [-0.2, 0) is 19.6 Å². The summed E-state index contributed by atoms with van der Waals surface area (Å²) in [6.07, 6.45) is 0. The van der Waals surface area contributed by atoms with Gasteiger partial charge in [-0.3, -0.25) is 10.1 Å². The van der Waals surface area contributed by atoms with Crippen molar-refractivity contribution in [3.63, 3.8) is 0 Å². The maximum Gasteiger partial charge on any atom is 0.343 e. The third kappa shape index (κ3) is 6.14. The standard InChI is InChI=1S/C17H17FN2O7S2/c1-26-17(21)10-27-15-7-2-11(8-14(15)18)16(28)9-19-29(24,25)13-5-3-12(4-6-13)20(22)23/h2-8,16,19,28H,9-10H2,1H3. The van der Waals surface area contributed by atoms with E-state index < -0.39 is 38.6 Å². The second kappa shape index (κ2) is 9.67. The number of esters is 1. The van der Waals surface area contributed by atoms with Gasteiger partial charge in [-0.15, -0.1) is 0 Å². The first-order valence-electron chi connectivity index (χ1n) is 8.05. The fraction of sp³-hybridized carbons (Fsp3) is 0.235. The van der Waals surface area contributed by atoms with Gasteiger partial charge in [-0.2, -0.15) is 12.6 Å². The Kier molecular flexibility index (Phi) is 7.53. The van der Waals surface area contributed by atoms with Crippen molar-refractivity contribution < 1.29 is 32.0 Å². The van der Waals surface area contributed by atoms with Crippen LogP contribution in [0.15, 0.2) is 47.4 Å². The lowest BCUT2D eigenvalue weighted by Gasteiger charge is -2.14. The van der Waals surface area contributed by atoms with E-state index in [1.54, 1.807) is 0 Å². The fourth-order valence-corrected chi connectivity index (χ4v) is 3.60. The molecule has 0 saturated heterocycles. The number of nitrogens with one attached hydrogen (secondary N) is 1. The summed E-state index contributed by atoms with van der Waals surface area (Å²) < 4.78 is 50.4. The lowest BCUT2D eigenvalue weighted by molar-refractivity contribution is -0.384. The first-order valence-corrected chi connectivity index (χ1v) is 10.0. The molecule has 0 radical (unpaired) electrons. The van der Waals surface area contributed by atoms with Gasteiger partial charge in [0.2, 0.25) is 10.0 Å². The van der Waals surface area contributed by atoms with Crippen LogP contribution < -0.4 is 9.46 Å². The zero-order chi connectivity index (χ0) is 21.6. The van der Waals surface area contributed by atoms with Crippen molar-refractivity contribution in [2.45, 2.75) is 10.1 Å². The number of benzene rings is 2. The average molecular weight is 444 g/mol. The summed E-state index contributed by atoms with van der Waals surface area (Å²) in [5, 5.41) is 9.95. The van der Waals surface area contributed by atoms with Gasteiger partial charge in [0.1, 0.15) is 0 Å². The summed E-state index contributed by atoms with van der Waals surface area (Å²) in [5.41, 5.74) is 0.142. The summed E-state index contributed by atoms with van der Waals surface area (Å²) in [6.45, 7) is -0.615. The summed E-state index contributed by atoms with van der Waals surface area (Å²) >= 11 is 4.27. The quantitative estimate of drug-likeness (QED) is 0.263. The Morgan fingerprint density at radius 2 is 1.93 bits per heavy atom. The summed E-state index contributed by atoms with van der Waals surface area (Å²) in [6, 6.07) is 8.27. The topological polar surface area (TPSA) is 125 Å². The van der Waals surface area contributed by atoms with Gasteiger partial charge in [-0.05, 0) is 29.8 Å². The number of sulfonamides is 1. The molecule has 0 saturated carbocycles. The largest absolute Gasteiger partial charge is 0.479 e. The average Bonchev–Trinajstić information content (AvgIpc) is 2.70. The van der Waals surface area contributed by atoms with E-state index in [2.05, 4.69) is 22.1 Å². The van der Waals surface area contributed by atoms with Crippen molar-refractivity contribution in [2.24, 2.45) is 0 Å². The molecule has 156 valence electrons. The van der Waals surface area contributed by atoms with Crippen molar-refractivity contribution in [3.8, 4) is 5.75 Å². The number of methoxy groups -OCH3 is 1. The van der Waals surface area contributed by atoms with Crippen LogP contribution in [0.3, 0.4) is 0 Å². The highest BCUT2D eigenvalue weighted by atomic mass is 32.2. The van der Waals surface area contributed by atoms with Crippen LogP contribution in [0.25, 0.3) is 0 Å². The van der Waals surface area contributed by atoms with Gasteiger partial charge >= 0.3 is 5.97 Å². The van der Waals surface area contributed by atoms with Crippen molar-refractivity contribution in [2.75, 3.05) is 20.3 Å². The monoisotopic (exact) mass is 444 g/mol. The van der Waals surface area contributed by atoms with E-state index >= 15 is 0 Å². The number of nitrogens with zero attached hydrogens (tertiary/aromatic N) is 1. The third-order valence-electron chi connectivity index (χ3n) is 3.74. The van der Waals surface area contributed by atoms with E-state index in [4.69, 9.17) is 4.74 Å². The van der Waals surface area contributed by atoms with Crippen LogP contribution in [0.1, 0.15) is 10.8 Å². The molecule has 0 aliphatic rings. The molecule has 0 aliphatic heterocycles. The Labute approximate surface area is 171 Å². The molecule has 9 nitrogen and oxygen atoms in total. The first-order chi connectivity index (χ1) is 13.6. The lowest BCUT2D eigenvalue weighted by atomic mass is 10.1. The van der Waals surface area contributed by atoms with Crippen LogP contribution >= 0.6 is 12.6 Å². The smallest absolute Gasteiger partial charge is 0.343 e. The Bertz CT molecular complexity index is 997. The highest BCUT2D eigenvalue weighted by Crippen LogP contribution is 2.26. The maximum atomic E-state index is 14.1. The highest BCUT2D eigenvalue weighted by molar-refractivity contribution is 7.89. The Morgan fingerprint density at radius 1 is 1.28 bits per heavy atom. The lowest BCUT2D eigenvalue weighted by Crippen LogP contribution is -2.27. The molecule has 12 heteroatoms. The third-order valence-corrected chi connectivity index (χ3v) is 5.66. The molecule has 29 heavy (non-hydrogen) atoms. The van der Waals surface area contributed by atoms with Gasteiger partial charge in [0.15, 0.2) is 18.2 Å². The van der Waals surface area contributed by atoms with E-state index in [-0.39, 0.29) is 22.9 Å². The molecular formula is C17H17FN2O7S2. The van der Waals surface area contributed by atoms with Crippen molar-refractivity contribution in [3.05, 3.63) is 64.0 Å². The van der Waals surface area contributed by atoms with Crippen molar-refractivity contribution in [1.82, 2.24) is 4.72 Å². The number of rotatable bonds is 9. The molecule has 0 heterocycles.